The SMILES string of the molecule is COC(=O)Cc1c(I)cc(C)nc1C(F)F. The molecule has 0 saturated heterocycles. The topological polar surface area (TPSA) is 39.2 Å². The molecule has 1 heterocycles. The van der Waals surface area contributed by atoms with Gasteiger partial charge in [-0.15, -0.1) is 0 Å². The molecule has 1 rings (SSSR count). The lowest BCUT2D eigenvalue weighted by Gasteiger charge is -2.10. The quantitative estimate of drug-likeness (QED) is 0.627. The third-order valence-electron chi connectivity index (χ3n) is 1.99. The number of carbonyl (C=O) groups excluding carboxylic acids is 1. The molecule has 0 aliphatic heterocycles. The molecule has 0 aromatic carbocycles. The number of hydrogen-bond acceptors (Lipinski definition) is 3. The minimum absolute atomic E-state index is 0.179. The Labute approximate surface area is 105 Å². The molecule has 3 nitrogen and oxygen atoms in total. The molecule has 0 radical (unpaired) electrons. The molecule has 0 fully saturated rings. The van der Waals surface area contributed by atoms with Crippen molar-refractivity contribution in [3.63, 3.8) is 0 Å². The van der Waals surface area contributed by atoms with Crippen LogP contribution in [0.4, 0.5) is 8.78 Å². The number of hydrogen-bond donors (Lipinski definition) is 0. The summed E-state index contributed by atoms with van der Waals surface area (Å²) in [7, 11) is 1.22. The van der Waals surface area contributed by atoms with Crippen molar-refractivity contribution in [3.8, 4) is 0 Å². The Balaban J connectivity index is 3.19. The summed E-state index contributed by atoms with van der Waals surface area (Å²) in [4.78, 5) is 14.9. The highest BCUT2D eigenvalue weighted by atomic mass is 127. The number of rotatable bonds is 3. The highest BCUT2D eigenvalue weighted by molar-refractivity contribution is 14.1. The van der Waals surface area contributed by atoms with E-state index in [9.17, 15) is 13.6 Å². The van der Waals surface area contributed by atoms with Crippen LogP contribution in [0.15, 0.2) is 6.07 Å². The summed E-state index contributed by atoms with van der Waals surface area (Å²) in [5, 5.41) is 0. The number of carbonyl (C=O) groups is 1. The smallest absolute Gasteiger partial charge is 0.310 e. The molecule has 0 spiro atoms. The van der Waals surface area contributed by atoms with E-state index in [1.54, 1.807) is 13.0 Å². The third kappa shape index (κ3) is 3.10. The van der Waals surface area contributed by atoms with Crippen molar-refractivity contribution in [1.82, 2.24) is 4.98 Å². The number of nitrogens with zero attached hydrogens (tertiary/aromatic N) is 1. The predicted octanol–water partition coefficient (Wildman–Crippen LogP) is 2.65. The first-order chi connectivity index (χ1) is 7.45. The molecule has 0 unspecified atom stereocenters. The molecule has 88 valence electrons. The highest BCUT2D eigenvalue weighted by Gasteiger charge is 2.20. The number of aromatic nitrogens is 1. The summed E-state index contributed by atoms with van der Waals surface area (Å²) in [5.41, 5.74) is 0.413. The highest BCUT2D eigenvalue weighted by Crippen LogP contribution is 2.26. The molecule has 16 heavy (non-hydrogen) atoms. The summed E-state index contributed by atoms with van der Waals surface area (Å²) in [6.45, 7) is 1.63. The molecule has 0 saturated carbocycles. The number of esters is 1. The van der Waals surface area contributed by atoms with E-state index in [-0.39, 0.29) is 17.7 Å². The van der Waals surface area contributed by atoms with Gasteiger partial charge in [0.2, 0.25) is 0 Å². The van der Waals surface area contributed by atoms with Crippen LogP contribution in [0.3, 0.4) is 0 Å². The molecular formula is C10H10F2INO2. The molecule has 1 aromatic rings. The Morgan fingerprint density at radius 2 is 2.25 bits per heavy atom. The van der Waals surface area contributed by atoms with E-state index in [0.717, 1.165) is 0 Å². The summed E-state index contributed by atoms with van der Waals surface area (Å²) >= 11 is 1.91. The van der Waals surface area contributed by atoms with Crippen LogP contribution in [-0.4, -0.2) is 18.1 Å². The van der Waals surface area contributed by atoms with Crippen LogP contribution in [0.25, 0.3) is 0 Å². The lowest BCUT2D eigenvalue weighted by Crippen LogP contribution is -2.11. The molecule has 0 N–H and O–H groups in total. The van der Waals surface area contributed by atoms with Gasteiger partial charge in [-0.25, -0.2) is 8.78 Å². The van der Waals surface area contributed by atoms with Gasteiger partial charge in [0.25, 0.3) is 6.43 Å². The zero-order chi connectivity index (χ0) is 12.3. The van der Waals surface area contributed by atoms with Crippen LogP contribution in [0.5, 0.6) is 0 Å². The molecule has 0 bridgehead atoms. The molecular weight excluding hydrogens is 331 g/mol. The first kappa shape index (κ1) is 13.3. The van der Waals surface area contributed by atoms with Crippen molar-refractivity contribution in [1.29, 1.82) is 0 Å². The number of halogens is 3. The number of pyridine rings is 1. The zero-order valence-electron chi connectivity index (χ0n) is 8.76. The first-order valence-corrected chi connectivity index (χ1v) is 5.54. The summed E-state index contributed by atoms with van der Waals surface area (Å²) in [5.74, 6) is -0.550. The van der Waals surface area contributed by atoms with Gasteiger partial charge in [0.15, 0.2) is 0 Å². The lowest BCUT2D eigenvalue weighted by atomic mass is 10.1. The van der Waals surface area contributed by atoms with Gasteiger partial charge < -0.3 is 4.74 Å². The van der Waals surface area contributed by atoms with Gasteiger partial charge in [-0.2, -0.15) is 0 Å². The maximum absolute atomic E-state index is 12.7. The fraction of sp³-hybridized carbons (Fsp3) is 0.400. The van der Waals surface area contributed by atoms with Crippen molar-refractivity contribution in [2.24, 2.45) is 0 Å². The fourth-order valence-electron chi connectivity index (χ4n) is 1.25. The summed E-state index contributed by atoms with van der Waals surface area (Å²) < 4.78 is 30.5. The van der Waals surface area contributed by atoms with E-state index in [1.807, 2.05) is 22.6 Å². The average Bonchev–Trinajstić information content (AvgIpc) is 2.20. The first-order valence-electron chi connectivity index (χ1n) is 4.46. The Morgan fingerprint density at radius 3 is 2.75 bits per heavy atom. The normalized spacial score (nSPS) is 10.6. The van der Waals surface area contributed by atoms with Gasteiger partial charge in [-0.3, -0.25) is 9.78 Å². The molecule has 0 aliphatic carbocycles. The van der Waals surface area contributed by atoms with Crippen molar-refractivity contribution >= 4 is 28.6 Å². The van der Waals surface area contributed by atoms with Gasteiger partial charge in [0, 0.05) is 14.8 Å². The summed E-state index contributed by atoms with van der Waals surface area (Å²) in [6.07, 6.45) is -2.87. The molecule has 0 aliphatic rings. The van der Waals surface area contributed by atoms with E-state index in [0.29, 0.717) is 9.26 Å². The van der Waals surface area contributed by atoms with Crippen LogP contribution >= 0.6 is 22.6 Å². The van der Waals surface area contributed by atoms with Crippen LogP contribution in [0, 0.1) is 10.5 Å². The second-order valence-electron chi connectivity index (χ2n) is 3.16. The lowest BCUT2D eigenvalue weighted by molar-refractivity contribution is -0.139. The van der Waals surface area contributed by atoms with Crippen molar-refractivity contribution in [3.05, 3.63) is 26.6 Å². The Bertz CT molecular complexity index is 410. The number of ether oxygens (including phenoxy) is 1. The molecule has 0 amide bonds. The fourth-order valence-corrected chi connectivity index (χ4v) is 2.17. The van der Waals surface area contributed by atoms with Crippen LogP contribution in [0.1, 0.15) is 23.4 Å². The second kappa shape index (κ2) is 5.51. The van der Waals surface area contributed by atoms with Crippen LogP contribution in [0.2, 0.25) is 0 Å². The van der Waals surface area contributed by atoms with E-state index < -0.39 is 12.4 Å². The minimum Gasteiger partial charge on any atom is -0.469 e. The van der Waals surface area contributed by atoms with E-state index in [1.165, 1.54) is 7.11 Å². The van der Waals surface area contributed by atoms with Crippen molar-refractivity contribution in [2.75, 3.05) is 7.11 Å². The monoisotopic (exact) mass is 341 g/mol. The van der Waals surface area contributed by atoms with Gasteiger partial charge in [-0.05, 0) is 35.6 Å². The Morgan fingerprint density at radius 1 is 1.62 bits per heavy atom. The average molecular weight is 341 g/mol. The van der Waals surface area contributed by atoms with E-state index >= 15 is 0 Å². The van der Waals surface area contributed by atoms with Gasteiger partial charge >= 0.3 is 5.97 Å². The van der Waals surface area contributed by atoms with E-state index in [4.69, 9.17) is 0 Å². The summed E-state index contributed by atoms with van der Waals surface area (Å²) in [6, 6.07) is 1.66. The third-order valence-corrected chi connectivity index (χ3v) is 2.95. The maximum atomic E-state index is 12.7. The van der Waals surface area contributed by atoms with Gasteiger partial charge in [0.05, 0.1) is 13.5 Å². The predicted molar refractivity (Wildman–Crippen MR) is 62.4 cm³/mol. The molecule has 0 atom stereocenters. The Hall–Kier alpha value is -0.790. The standard InChI is InChI=1S/C10H10F2INO2/c1-5-3-7(13)6(4-8(15)16-2)9(14-5)10(11)12/h3,10H,4H2,1-2H3. The Kier molecular flexibility index (Phi) is 4.57. The zero-order valence-corrected chi connectivity index (χ0v) is 10.9. The van der Waals surface area contributed by atoms with Crippen LogP contribution < -0.4 is 0 Å². The van der Waals surface area contributed by atoms with Gasteiger partial charge in [0.1, 0.15) is 5.69 Å². The minimum atomic E-state index is -2.69. The molecule has 1 aromatic heterocycles. The number of methoxy groups -OCH3 is 1. The van der Waals surface area contributed by atoms with Crippen molar-refractivity contribution in [2.45, 2.75) is 19.8 Å². The van der Waals surface area contributed by atoms with E-state index in [2.05, 4.69) is 9.72 Å². The second-order valence-corrected chi connectivity index (χ2v) is 4.33. The van der Waals surface area contributed by atoms with Crippen LogP contribution in [-0.2, 0) is 16.0 Å². The van der Waals surface area contributed by atoms with Crippen molar-refractivity contribution < 1.29 is 18.3 Å². The van der Waals surface area contributed by atoms with Gasteiger partial charge in [-0.1, -0.05) is 0 Å². The molecule has 6 heteroatoms. The number of alkyl halides is 2. The maximum Gasteiger partial charge on any atom is 0.310 e. The number of aryl methyl sites for hydroxylation is 1. The largest absolute Gasteiger partial charge is 0.469 e.